The molecule has 6 nitrogen and oxygen atoms in total. The van der Waals surface area contributed by atoms with Crippen LogP contribution in [0, 0.1) is 5.92 Å². The van der Waals surface area contributed by atoms with Crippen molar-refractivity contribution in [3.8, 4) is 11.5 Å². The Hall–Kier alpha value is -3.06. The van der Waals surface area contributed by atoms with Gasteiger partial charge in [-0.25, -0.2) is 0 Å². The van der Waals surface area contributed by atoms with Crippen molar-refractivity contribution in [3.63, 3.8) is 0 Å². The molecular formula is C34H47BrN2O4. The van der Waals surface area contributed by atoms with Gasteiger partial charge in [-0.05, 0) is 82.3 Å². The lowest BCUT2D eigenvalue weighted by Gasteiger charge is -2.31. The predicted octanol–water partition coefficient (Wildman–Crippen LogP) is 7.56. The van der Waals surface area contributed by atoms with Crippen LogP contribution in [0.25, 0.3) is 0 Å². The fourth-order valence-electron chi connectivity index (χ4n) is 5.15. The van der Waals surface area contributed by atoms with E-state index in [2.05, 4.69) is 56.8 Å². The summed E-state index contributed by atoms with van der Waals surface area (Å²) < 4.78 is 10.3. The molecule has 2 heterocycles. The first kappa shape index (κ1) is 34.1. The third-order valence-corrected chi connectivity index (χ3v) is 8.09. The van der Waals surface area contributed by atoms with E-state index in [1.165, 1.54) is 0 Å². The second-order valence-electron chi connectivity index (χ2n) is 11.6. The van der Waals surface area contributed by atoms with Gasteiger partial charge in [0.05, 0.1) is 14.2 Å². The van der Waals surface area contributed by atoms with E-state index in [0.29, 0.717) is 19.5 Å². The second-order valence-corrected chi connectivity index (χ2v) is 12.2. The molecule has 2 aliphatic heterocycles. The molecule has 0 spiro atoms. The minimum atomic E-state index is -0.0926. The predicted molar refractivity (Wildman–Crippen MR) is 171 cm³/mol. The number of nitrogens with zero attached hydrogens (tertiary/aromatic N) is 2. The minimum Gasteiger partial charge on any atom is -0.497 e. The van der Waals surface area contributed by atoms with E-state index in [4.69, 9.17) is 9.47 Å². The highest BCUT2D eigenvalue weighted by molar-refractivity contribution is 9.09. The van der Waals surface area contributed by atoms with Crippen molar-refractivity contribution in [2.24, 2.45) is 5.92 Å². The molecule has 4 rings (SSSR count). The van der Waals surface area contributed by atoms with E-state index in [-0.39, 0.29) is 28.8 Å². The molecule has 2 aliphatic rings. The molecule has 1 atom stereocenters. The van der Waals surface area contributed by atoms with Crippen LogP contribution < -0.4 is 9.47 Å². The SMILES string of the molecule is C=CCBr.C=CCC1CC(C)(C)N(Cc2ccc(OC)cc2)C1=O.COc1ccc(CN2C(=O)CCC2(C)C)cc1. The molecule has 2 aromatic rings. The van der Waals surface area contributed by atoms with Gasteiger partial charge in [-0.15, -0.1) is 13.2 Å². The van der Waals surface area contributed by atoms with Crippen LogP contribution in [0.4, 0.5) is 0 Å². The molecule has 0 aliphatic carbocycles. The van der Waals surface area contributed by atoms with Gasteiger partial charge < -0.3 is 19.3 Å². The minimum absolute atomic E-state index is 0.0169. The summed E-state index contributed by atoms with van der Waals surface area (Å²) in [5.41, 5.74) is 2.17. The van der Waals surface area contributed by atoms with Crippen molar-refractivity contribution in [1.29, 1.82) is 0 Å². The molecule has 224 valence electrons. The maximum Gasteiger partial charge on any atom is 0.226 e. The Balaban J connectivity index is 0.000000256. The smallest absolute Gasteiger partial charge is 0.226 e. The van der Waals surface area contributed by atoms with Crippen molar-refractivity contribution in [2.45, 2.75) is 77.5 Å². The Morgan fingerprint density at radius 1 is 0.829 bits per heavy atom. The number of rotatable bonds is 9. The number of allylic oxidation sites excluding steroid dienone is 2. The normalized spacial score (nSPS) is 18.6. The van der Waals surface area contributed by atoms with E-state index in [0.717, 1.165) is 47.2 Å². The molecule has 0 saturated carbocycles. The Morgan fingerprint density at radius 2 is 1.29 bits per heavy atom. The van der Waals surface area contributed by atoms with Crippen molar-refractivity contribution in [1.82, 2.24) is 9.80 Å². The number of benzene rings is 2. The van der Waals surface area contributed by atoms with Crippen LogP contribution in [0.1, 0.15) is 64.5 Å². The fourth-order valence-corrected chi connectivity index (χ4v) is 5.15. The van der Waals surface area contributed by atoms with Crippen LogP contribution in [-0.2, 0) is 22.7 Å². The Bertz CT molecular complexity index is 1140. The monoisotopic (exact) mass is 626 g/mol. The first-order chi connectivity index (χ1) is 19.4. The zero-order valence-corrected chi connectivity index (χ0v) is 27.2. The number of halogens is 1. The van der Waals surface area contributed by atoms with Gasteiger partial charge in [0.1, 0.15) is 11.5 Å². The Kier molecular flexibility index (Phi) is 13.2. The summed E-state index contributed by atoms with van der Waals surface area (Å²) in [6, 6.07) is 15.8. The molecule has 0 aromatic heterocycles. The lowest BCUT2D eigenvalue weighted by atomic mass is 9.94. The fraction of sp³-hybridized carbons (Fsp3) is 0.471. The molecule has 0 radical (unpaired) electrons. The van der Waals surface area contributed by atoms with Gasteiger partial charge >= 0.3 is 0 Å². The van der Waals surface area contributed by atoms with Crippen molar-refractivity contribution >= 4 is 27.7 Å². The molecule has 0 bridgehead atoms. The summed E-state index contributed by atoms with van der Waals surface area (Å²) in [5, 5.41) is 0.896. The van der Waals surface area contributed by atoms with Crippen LogP contribution in [0.15, 0.2) is 73.8 Å². The highest BCUT2D eigenvalue weighted by atomic mass is 79.9. The van der Waals surface area contributed by atoms with Gasteiger partial charge in [0.15, 0.2) is 0 Å². The van der Waals surface area contributed by atoms with E-state index >= 15 is 0 Å². The van der Waals surface area contributed by atoms with Crippen LogP contribution in [0.3, 0.4) is 0 Å². The average Bonchev–Trinajstić information content (AvgIpc) is 3.34. The van der Waals surface area contributed by atoms with Crippen LogP contribution >= 0.6 is 15.9 Å². The highest BCUT2D eigenvalue weighted by Crippen LogP contribution is 2.37. The number of ether oxygens (including phenoxy) is 2. The Labute approximate surface area is 255 Å². The Morgan fingerprint density at radius 3 is 1.66 bits per heavy atom. The zero-order valence-electron chi connectivity index (χ0n) is 25.6. The number of likely N-dealkylation sites (tertiary alicyclic amines) is 2. The van der Waals surface area contributed by atoms with Gasteiger partial charge in [-0.2, -0.15) is 0 Å². The van der Waals surface area contributed by atoms with Crippen molar-refractivity contribution in [3.05, 3.63) is 85.0 Å². The first-order valence-electron chi connectivity index (χ1n) is 14.1. The number of hydrogen-bond acceptors (Lipinski definition) is 4. The molecule has 2 amide bonds. The molecule has 0 N–H and O–H groups in total. The maximum absolute atomic E-state index is 12.5. The lowest BCUT2D eigenvalue weighted by Crippen LogP contribution is -2.40. The molecule has 2 saturated heterocycles. The van der Waals surface area contributed by atoms with E-state index in [9.17, 15) is 9.59 Å². The zero-order chi connectivity index (χ0) is 30.6. The van der Waals surface area contributed by atoms with E-state index < -0.39 is 0 Å². The molecular weight excluding hydrogens is 580 g/mol. The summed E-state index contributed by atoms with van der Waals surface area (Å²) in [5.74, 6) is 2.27. The third-order valence-electron chi connectivity index (χ3n) is 7.63. The topological polar surface area (TPSA) is 59.1 Å². The van der Waals surface area contributed by atoms with Crippen LogP contribution in [-0.4, -0.2) is 52.2 Å². The summed E-state index contributed by atoms with van der Waals surface area (Å²) in [6.45, 7) is 17.1. The number of carbonyl (C=O) groups is 2. The lowest BCUT2D eigenvalue weighted by molar-refractivity contribution is -0.134. The van der Waals surface area contributed by atoms with Crippen molar-refractivity contribution in [2.75, 3.05) is 19.5 Å². The number of amides is 2. The highest BCUT2D eigenvalue weighted by Gasteiger charge is 2.43. The molecule has 7 heteroatoms. The largest absolute Gasteiger partial charge is 0.497 e. The second kappa shape index (κ2) is 15.8. The van der Waals surface area contributed by atoms with Crippen LogP contribution in [0.5, 0.6) is 11.5 Å². The summed E-state index contributed by atoms with van der Waals surface area (Å²) >= 11 is 3.13. The third kappa shape index (κ3) is 9.77. The average molecular weight is 628 g/mol. The standard InChI is InChI=1S/C17H23NO2.C14H19NO2.C3H5Br/c1-5-6-14-11-17(2,3)18(16(14)19)12-13-7-9-15(20-4)10-8-13;1-14(2)9-8-13(16)15(14)10-11-4-6-12(17-3)7-5-11;1-2-3-4/h5,7-10,14H,1,6,11-12H2,2-4H3;4-7H,8-10H2,1-3H3;2H,1,3H2. The summed E-state index contributed by atoms with van der Waals surface area (Å²) in [7, 11) is 3.31. The summed E-state index contributed by atoms with van der Waals surface area (Å²) in [4.78, 5) is 28.3. The molecule has 41 heavy (non-hydrogen) atoms. The maximum atomic E-state index is 12.5. The van der Waals surface area contributed by atoms with Gasteiger partial charge in [0.2, 0.25) is 11.8 Å². The van der Waals surface area contributed by atoms with Gasteiger partial charge in [0, 0.05) is 41.8 Å². The number of hydrogen-bond donors (Lipinski definition) is 0. The molecule has 2 aromatic carbocycles. The summed E-state index contributed by atoms with van der Waals surface area (Å²) in [6.07, 6.45) is 6.91. The number of methoxy groups -OCH3 is 2. The first-order valence-corrected chi connectivity index (χ1v) is 15.2. The molecule has 2 fully saturated rings. The molecule has 1 unspecified atom stereocenters. The van der Waals surface area contributed by atoms with Gasteiger partial charge in [0.25, 0.3) is 0 Å². The number of alkyl halides is 1. The quantitative estimate of drug-likeness (QED) is 0.213. The van der Waals surface area contributed by atoms with Crippen LogP contribution in [0.2, 0.25) is 0 Å². The van der Waals surface area contributed by atoms with Gasteiger partial charge in [-0.1, -0.05) is 52.3 Å². The number of carbonyl (C=O) groups excluding carboxylic acids is 2. The van der Waals surface area contributed by atoms with Crippen molar-refractivity contribution < 1.29 is 19.1 Å². The van der Waals surface area contributed by atoms with Gasteiger partial charge in [-0.3, -0.25) is 9.59 Å². The van der Waals surface area contributed by atoms with E-state index in [1.54, 1.807) is 20.3 Å². The van der Waals surface area contributed by atoms with E-state index in [1.807, 2.05) is 64.4 Å².